The number of aliphatic hydroxyl groups is 1. The number of pyridine rings is 1. The van der Waals surface area contributed by atoms with Crippen LogP contribution in [0.15, 0.2) is 12.3 Å². The average molecular weight is 281 g/mol. The molecule has 1 rings (SSSR count). The van der Waals surface area contributed by atoms with Crippen LogP contribution in [0.1, 0.15) is 37.8 Å². The minimum absolute atomic E-state index is 0.0862. The Morgan fingerprint density at radius 3 is 2.58 bits per heavy atom. The minimum atomic E-state index is 0.0862. The second-order valence-corrected chi connectivity index (χ2v) is 5.02. The number of nitrogens with two attached hydrogens (primary N) is 1. The molecule has 3 N–H and O–H groups in total. The summed E-state index contributed by atoms with van der Waals surface area (Å²) < 4.78 is 0. The van der Waals surface area contributed by atoms with Crippen molar-refractivity contribution in [3.8, 4) is 0 Å². The standard InChI is InChI=1S/C14H23N3OS/c1-4-11(5-2)17(8-9-18)14-12(13(15)19)10(3)6-7-16-14/h6-7,11,18H,4-5,8-9H2,1-3H3,(H2,15,19). The summed E-state index contributed by atoms with van der Waals surface area (Å²) in [5, 5.41) is 9.30. The first kappa shape index (κ1) is 15.9. The highest BCUT2D eigenvalue weighted by Gasteiger charge is 2.21. The molecular formula is C14H23N3OS. The van der Waals surface area contributed by atoms with E-state index in [1.54, 1.807) is 6.20 Å². The first-order valence-corrected chi connectivity index (χ1v) is 7.10. The molecule has 106 valence electrons. The zero-order chi connectivity index (χ0) is 14.4. The van der Waals surface area contributed by atoms with Crippen LogP contribution in [-0.4, -0.2) is 34.3 Å². The van der Waals surface area contributed by atoms with Crippen molar-refractivity contribution in [2.45, 2.75) is 39.7 Å². The fourth-order valence-electron chi connectivity index (χ4n) is 2.36. The Hall–Kier alpha value is -1.20. The van der Waals surface area contributed by atoms with Gasteiger partial charge in [-0.2, -0.15) is 0 Å². The zero-order valence-electron chi connectivity index (χ0n) is 11.9. The van der Waals surface area contributed by atoms with Gasteiger partial charge in [0.05, 0.1) is 12.2 Å². The molecule has 0 aliphatic rings. The topological polar surface area (TPSA) is 62.4 Å². The number of aryl methyl sites for hydroxylation is 1. The van der Waals surface area contributed by atoms with Gasteiger partial charge in [0, 0.05) is 18.8 Å². The number of aromatic nitrogens is 1. The maximum Gasteiger partial charge on any atom is 0.139 e. The Morgan fingerprint density at radius 1 is 1.47 bits per heavy atom. The van der Waals surface area contributed by atoms with Crippen molar-refractivity contribution in [3.05, 3.63) is 23.4 Å². The Morgan fingerprint density at radius 2 is 2.11 bits per heavy atom. The quantitative estimate of drug-likeness (QED) is 0.749. The fraction of sp³-hybridized carbons (Fsp3) is 0.571. The molecule has 0 spiro atoms. The predicted molar refractivity (Wildman–Crippen MR) is 83.7 cm³/mol. The lowest BCUT2D eigenvalue weighted by Gasteiger charge is -2.32. The lowest BCUT2D eigenvalue weighted by atomic mass is 10.1. The van der Waals surface area contributed by atoms with Gasteiger partial charge in [0.2, 0.25) is 0 Å². The van der Waals surface area contributed by atoms with Crippen LogP contribution in [-0.2, 0) is 0 Å². The van der Waals surface area contributed by atoms with E-state index in [0.29, 0.717) is 17.6 Å². The van der Waals surface area contributed by atoms with E-state index in [0.717, 1.165) is 29.8 Å². The maximum atomic E-state index is 9.30. The lowest BCUT2D eigenvalue weighted by molar-refractivity contribution is 0.295. The molecule has 0 radical (unpaired) electrons. The van der Waals surface area contributed by atoms with Gasteiger partial charge in [0.1, 0.15) is 10.8 Å². The summed E-state index contributed by atoms with van der Waals surface area (Å²) in [5.41, 5.74) is 7.67. The molecular weight excluding hydrogens is 258 g/mol. The summed E-state index contributed by atoms with van der Waals surface area (Å²) in [4.78, 5) is 6.91. The van der Waals surface area contributed by atoms with E-state index in [2.05, 4.69) is 23.7 Å². The molecule has 0 atom stereocenters. The predicted octanol–water partition coefficient (Wildman–Crippen LogP) is 2.01. The van der Waals surface area contributed by atoms with Gasteiger partial charge in [0.25, 0.3) is 0 Å². The van der Waals surface area contributed by atoms with Crippen molar-refractivity contribution in [2.75, 3.05) is 18.1 Å². The average Bonchev–Trinajstić information content (AvgIpc) is 2.38. The SMILES string of the molecule is CCC(CC)N(CCO)c1nccc(C)c1C(N)=S. The molecule has 0 bridgehead atoms. The summed E-state index contributed by atoms with van der Waals surface area (Å²) >= 11 is 5.15. The van der Waals surface area contributed by atoms with Crippen LogP contribution in [0.2, 0.25) is 0 Å². The monoisotopic (exact) mass is 281 g/mol. The molecule has 0 aliphatic carbocycles. The van der Waals surface area contributed by atoms with E-state index in [4.69, 9.17) is 18.0 Å². The van der Waals surface area contributed by atoms with Gasteiger partial charge in [-0.05, 0) is 31.4 Å². The van der Waals surface area contributed by atoms with Gasteiger partial charge in [-0.1, -0.05) is 26.1 Å². The number of thiocarbonyl (C=S) groups is 1. The van der Waals surface area contributed by atoms with Gasteiger partial charge in [-0.3, -0.25) is 0 Å². The third-order valence-electron chi connectivity index (χ3n) is 3.38. The van der Waals surface area contributed by atoms with Crippen molar-refractivity contribution in [3.63, 3.8) is 0 Å². The van der Waals surface area contributed by atoms with Crippen molar-refractivity contribution in [1.82, 2.24) is 4.98 Å². The van der Waals surface area contributed by atoms with E-state index in [-0.39, 0.29) is 6.61 Å². The molecule has 0 aromatic carbocycles. The van der Waals surface area contributed by atoms with Crippen LogP contribution < -0.4 is 10.6 Å². The number of rotatable bonds is 7. The smallest absolute Gasteiger partial charge is 0.139 e. The Bertz CT molecular complexity index is 433. The first-order chi connectivity index (χ1) is 9.06. The molecule has 0 saturated heterocycles. The lowest BCUT2D eigenvalue weighted by Crippen LogP contribution is -2.39. The molecule has 0 fully saturated rings. The first-order valence-electron chi connectivity index (χ1n) is 6.69. The molecule has 0 saturated carbocycles. The summed E-state index contributed by atoms with van der Waals surface area (Å²) in [5.74, 6) is 0.787. The summed E-state index contributed by atoms with van der Waals surface area (Å²) in [7, 11) is 0. The molecule has 1 aromatic heterocycles. The van der Waals surface area contributed by atoms with Crippen molar-refractivity contribution in [1.29, 1.82) is 0 Å². The number of hydrogen-bond donors (Lipinski definition) is 2. The highest BCUT2D eigenvalue weighted by molar-refractivity contribution is 7.80. The van der Waals surface area contributed by atoms with Crippen LogP contribution in [0.3, 0.4) is 0 Å². The van der Waals surface area contributed by atoms with Crippen molar-refractivity contribution < 1.29 is 5.11 Å². The molecule has 5 heteroatoms. The summed E-state index contributed by atoms with van der Waals surface area (Å²) in [6.45, 7) is 6.87. The van der Waals surface area contributed by atoms with E-state index in [1.165, 1.54) is 0 Å². The van der Waals surface area contributed by atoms with Crippen molar-refractivity contribution in [2.24, 2.45) is 5.73 Å². The minimum Gasteiger partial charge on any atom is -0.395 e. The number of aliphatic hydroxyl groups excluding tert-OH is 1. The molecule has 0 unspecified atom stereocenters. The number of hydrogen-bond acceptors (Lipinski definition) is 4. The largest absolute Gasteiger partial charge is 0.395 e. The number of anilines is 1. The third kappa shape index (κ3) is 3.64. The Labute approximate surface area is 120 Å². The van der Waals surface area contributed by atoms with Gasteiger partial charge in [-0.15, -0.1) is 0 Å². The highest BCUT2D eigenvalue weighted by atomic mass is 32.1. The van der Waals surface area contributed by atoms with Gasteiger partial charge < -0.3 is 15.7 Å². The third-order valence-corrected chi connectivity index (χ3v) is 3.59. The fourth-order valence-corrected chi connectivity index (χ4v) is 2.62. The number of nitrogens with zero attached hydrogens (tertiary/aromatic N) is 2. The second kappa shape index (κ2) is 7.40. The highest BCUT2D eigenvalue weighted by Crippen LogP contribution is 2.24. The van der Waals surface area contributed by atoms with Gasteiger partial charge >= 0.3 is 0 Å². The van der Waals surface area contributed by atoms with Crippen LogP contribution in [0.4, 0.5) is 5.82 Å². The van der Waals surface area contributed by atoms with Gasteiger partial charge in [-0.25, -0.2) is 4.98 Å². The van der Waals surface area contributed by atoms with Crippen LogP contribution >= 0.6 is 12.2 Å². The summed E-state index contributed by atoms with van der Waals surface area (Å²) in [6.07, 6.45) is 3.74. The molecule has 1 aromatic rings. The Balaban J connectivity index is 3.29. The Kier molecular flexibility index (Phi) is 6.18. The zero-order valence-corrected chi connectivity index (χ0v) is 12.7. The molecule has 0 amide bonds. The van der Waals surface area contributed by atoms with E-state index in [1.807, 2.05) is 13.0 Å². The van der Waals surface area contributed by atoms with Crippen LogP contribution in [0.25, 0.3) is 0 Å². The van der Waals surface area contributed by atoms with Crippen LogP contribution in [0, 0.1) is 6.92 Å². The van der Waals surface area contributed by atoms with Crippen molar-refractivity contribution >= 4 is 23.0 Å². The maximum absolute atomic E-state index is 9.30. The second-order valence-electron chi connectivity index (χ2n) is 4.58. The molecule has 1 heterocycles. The molecule has 0 aliphatic heterocycles. The van der Waals surface area contributed by atoms with Crippen LogP contribution in [0.5, 0.6) is 0 Å². The molecule has 19 heavy (non-hydrogen) atoms. The van der Waals surface area contributed by atoms with E-state index in [9.17, 15) is 5.11 Å². The van der Waals surface area contributed by atoms with Gasteiger partial charge in [0.15, 0.2) is 0 Å². The normalized spacial score (nSPS) is 10.8. The van der Waals surface area contributed by atoms with E-state index < -0.39 is 0 Å². The molecule has 4 nitrogen and oxygen atoms in total. The van der Waals surface area contributed by atoms with E-state index >= 15 is 0 Å². The summed E-state index contributed by atoms with van der Waals surface area (Å²) in [6, 6.07) is 2.23.